The Bertz CT molecular complexity index is 359. The van der Waals surface area contributed by atoms with Crippen molar-refractivity contribution in [2.24, 2.45) is 0 Å². The molecule has 0 atom stereocenters. The number of phenolic OH excluding ortho intramolecular Hbond substituents is 1. The minimum absolute atomic E-state index is 0.0269. The zero-order chi connectivity index (χ0) is 12.3. The summed E-state index contributed by atoms with van der Waals surface area (Å²) in [5.74, 6) is -0.402. The third kappa shape index (κ3) is 3.41. The summed E-state index contributed by atoms with van der Waals surface area (Å²) in [4.78, 5) is 0. The summed E-state index contributed by atoms with van der Waals surface area (Å²) in [5.41, 5.74) is -0.827. The first-order valence-electron chi connectivity index (χ1n) is 4.81. The Kier molecular flexibility index (Phi) is 3.80. The quantitative estimate of drug-likeness (QED) is 0.869. The van der Waals surface area contributed by atoms with Crippen molar-refractivity contribution in [1.82, 2.24) is 0 Å². The van der Waals surface area contributed by atoms with Gasteiger partial charge >= 0.3 is 6.18 Å². The zero-order valence-corrected chi connectivity index (χ0v) is 9.01. The summed E-state index contributed by atoms with van der Waals surface area (Å²) < 4.78 is 42.9. The molecule has 0 aliphatic heterocycles. The standard InChI is InChI=1S/C11H13F3O2/c1-7(2)16-6-8-3-4-9(15)5-10(8)11(12,13)14/h3-5,7,15H,6H2,1-2H3. The molecule has 2 nitrogen and oxygen atoms in total. The zero-order valence-electron chi connectivity index (χ0n) is 9.01. The van der Waals surface area contributed by atoms with Crippen molar-refractivity contribution in [3.63, 3.8) is 0 Å². The van der Waals surface area contributed by atoms with Gasteiger partial charge in [-0.05, 0) is 31.5 Å². The Labute approximate surface area is 91.7 Å². The molecule has 0 aliphatic carbocycles. The third-order valence-electron chi connectivity index (χ3n) is 1.97. The van der Waals surface area contributed by atoms with Crippen LogP contribution in [-0.2, 0) is 17.5 Å². The van der Waals surface area contributed by atoms with Gasteiger partial charge in [-0.3, -0.25) is 0 Å². The topological polar surface area (TPSA) is 29.5 Å². The predicted molar refractivity (Wildman–Crippen MR) is 53.0 cm³/mol. The number of alkyl halides is 3. The molecule has 5 heteroatoms. The molecule has 0 heterocycles. The fourth-order valence-corrected chi connectivity index (χ4v) is 1.21. The first kappa shape index (κ1) is 12.8. The predicted octanol–water partition coefficient (Wildman–Crippen LogP) is 3.34. The Hall–Kier alpha value is -1.23. The van der Waals surface area contributed by atoms with Crippen LogP contribution in [-0.4, -0.2) is 11.2 Å². The van der Waals surface area contributed by atoms with Crippen LogP contribution >= 0.6 is 0 Å². The van der Waals surface area contributed by atoms with E-state index in [0.717, 1.165) is 0 Å². The van der Waals surface area contributed by atoms with E-state index in [-0.39, 0.29) is 18.3 Å². The maximum Gasteiger partial charge on any atom is 0.416 e. The molecule has 0 bridgehead atoms. The number of hydrogen-bond acceptors (Lipinski definition) is 2. The smallest absolute Gasteiger partial charge is 0.416 e. The average Bonchev–Trinajstić information content (AvgIpc) is 2.14. The summed E-state index contributed by atoms with van der Waals surface area (Å²) in [6.07, 6.45) is -4.62. The van der Waals surface area contributed by atoms with E-state index in [1.165, 1.54) is 12.1 Å². The lowest BCUT2D eigenvalue weighted by molar-refractivity contribution is -0.139. The van der Waals surface area contributed by atoms with Crippen molar-refractivity contribution in [2.75, 3.05) is 0 Å². The first-order chi connectivity index (χ1) is 7.30. The Morgan fingerprint density at radius 1 is 1.31 bits per heavy atom. The minimum atomic E-state index is -4.48. The lowest BCUT2D eigenvalue weighted by Gasteiger charge is -2.14. The maximum absolute atomic E-state index is 12.6. The molecule has 0 radical (unpaired) electrons. The molecule has 1 N–H and O–H groups in total. The van der Waals surface area contributed by atoms with Crippen LogP contribution < -0.4 is 0 Å². The van der Waals surface area contributed by atoms with Crippen LogP contribution in [0.3, 0.4) is 0 Å². The van der Waals surface area contributed by atoms with Gasteiger partial charge < -0.3 is 9.84 Å². The van der Waals surface area contributed by atoms with Gasteiger partial charge in [0.2, 0.25) is 0 Å². The van der Waals surface area contributed by atoms with E-state index < -0.39 is 17.5 Å². The second kappa shape index (κ2) is 4.74. The number of phenols is 1. The fraction of sp³-hybridized carbons (Fsp3) is 0.455. The Morgan fingerprint density at radius 3 is 2.44 bits per heavy atom. The van der Waals surface area contributed by atoms with Crippen molar-refractivity contribution in [3.8, 4) is 5.75 Å². The Balaban J connectivity index is 2.99. The van der Waals surface area contributed by atoms with Crippen LogP contribution in [0.25, 0.3) is 0 Å². The van der Waals surface area contributed by atoms with Crippen molar-refractivity contribution in [1.29, 1.82) is 0 Å². The summed E-state index contributed by atoms with van der Waals surface area (Å²) in [5, 5.41) is 9.04. The first-order valence-corrected chi connectivity index (χ1v) is 4.81. The molecule has 0 aliphatic rings. The largest absolute Gasteiger partial charge is 0.508 e. The lowest BCUT2D eigenvalue weighted by atomic mass is 10.1. The molecule has 0 spiro atoms. The van der Waals surface area contributed by atoms with Crippen molar-refractivity contribution in [3.05, 3.63) is 29.3 Å². The highest BCUT2D eigenvalue weighted by molar-refractivity contribution is 5.36. The number of rotatable bonds is 3. The van der Waals surface area contributed by atoms with Crippen LogP contribution in [0.15, 0.2) is 18.2 Å². The van der Waals surface area contributed by atoms with Gasteiger partial charge in [-0.2, -0.15) is 13.2 Å². The monoisotopic (exact) mass is 234 g/mol. The molecule has 1 aromatic rings. The molecule has 1 rings (SSSR count). The number of benzene rings is 1. The molecule has 0 amide bonds. The fourth-order valence-electron chi connectivity index (χ4n) is 1.21. The Morgan fingerprint density at radius 2 is 1.94 bits per heavy atom. The number of aromatic hydroxyl groups is 1. The molecule has 0 unspecified atom stereocenters. The van der Waals surface area contributed by atoms with Crippen LogP contribution in [0.4, 0.5) is 13.2 Å². The van der Waals surface area contributed by atoms with E-state index in [9.17, 15) is 13.2 Å². The van der Waals surface area contributed by atoms with Crippen molar-refractivity contribution < 1.29 is 23.0 Å². The molecule has 16 heavy (non-hydrogen) atoms. The number of ether oxygens (including phenoxy) is 1. The molecule has 1 aromatic carbocycles. The van der Waals surface area contributed by atoms with Gasteiger partial charge in [0.05, 0.1) is 18.3 Å². The van der Waals surface area contributed by atoms with Gasteiger partial charge in [0, 0.05) is 0 Å². The van der Waals surface area contributed by atoms with Gasteiger partial charge in [0.25, 0.3) is 0 Å². The van der Waals surface area contributed by atoms with E-state index >= 15 is 0 Å². The van der Waals surface area contributed by atoms with Gasteiger partial charge in [-0.1, -0.05) is 6.07 Å². The van der Waals surface area contributed by atoms with Crippen LogP contribution in [0.1, 0.15) is 25.0 Å². The molecule has 0 saturated carbocycles. The van der Waals surface area contributed by atoms with Gasteiger partial charge in [0.15, 0.2) is 0 Å². The van der Waals surface area contributed by atoms with E-state index in [0.29, 0.717) is 6.07 Å². The second-order valence-corrected chi connectivity index (χ2v) is 3.70. The number of hydrogen-bond donors (Lipinski definition) is 1. The van der Waals surface area contributed by atoms with Gasteiger partial charge in [-0.25, -0.2) is 0 Å². The second-order valence-electron chi connectivity index (χ2n) is 3.70. The van der Waals surface area contributed by atoms with Crippen LogP contribution in [0.2, 0.25) is 0 Å². The van der Waals surface area contributed by atoms with E-state index in [4.69, 9.17) is 9.84 Å². The number of halogens is 3. The van der Waals surface area contributed by atoms with E-state index in [2.05, 4.69) is 0 Å². The minimum Gasteiger partial charge on any atom is -0.508 e. The molecule has 0 fully saturated rings. The highest BCUT2D eigenvalue weighted by Gasteiger charge is 2.33. The maximum atomic E-state index is 12.6. The summed E-state index contributed by atoms with van der Waals surface area (Å²) in [7, 11) is 0. The van der Waals surface area contributed by atoms with Crippen molar-refractivity contribution in [2.45, 2.75) is 32.7 Å². The van der Waals surface area contributed by atoms with E-state index in [1.807, 2.05) is 0 Å². The molecule has 90 valence electrons. The van der Waals surface area contributed by atoms with Gasteiger partial charge in [-0.15, -0.1) is 0 Å². The average molecular weight is 234 g/mol. The lowest BCUT2D eigenvalue weighted by Crippen LogP contribution is -2.11. The highest BCUT2D eigenvalue weighted by atomic mass is 19.4. The highest BCUT2D eigenvalue weighted by Crippen LogP contribution is 2.34. The van der Waals surface area contributed by atoms with E-state index in [1.54, 1.807) is 13.8 Å². The summed E-state index contributed by atoms with van der Waals surface area (Å²) in [6, 6.07) is 3.15. The van der Waals surface area contributed by atoms with Crippen molar-refractivity contribution >= 4 is 0 Å². The molecule has 0 aromatic heterocycles. The molecular weight excluding hydrogens is 221 g/mol. The van der Waals surface area contributed by atoms with Gasteiger partial charge in [0.1, 0.15) is 5.75 Å². The van der Waals surface area contributed by atoms with Crippen LogP contribution in [0.5, 0.6) is 5.75 Å². The summed E-state index contributed by atoms with van der Waals surface area (Å²) in [6.45, 7) is 3.37. The molecular formula is C11H13F3O2. The third-order valence-corrected chi connectivity index (χ3v) is 1.97. The normalized spacial score (nSPS) is 12.1. The van der Waals surface area contributed by atoms with Crippen LogP contribution in [0, 0.1) is 0 Å². The SMILES string of the molecule is CC(C)OCc1ccc(O)cc1C(F)(F)F. The molecule has 0 saturated heterocycles. The summed E-state index contributed by atoms with van der Waals surface area (Å²) >= 11 is 0.